The molecule has 2 N–H and O–H groups in total. The number of ether oxygens (including phenoxy) is 2. The van der Waals surface area contributed by atoms with Crippen molar-refractivity contribution in [1.29, 1.82) is 0 Å². The van der Waals surface area contributed by atoms with Crippen molar-refractivity contribution in [1.82, 2.24) is 10.9 Å². The van der Waals surface area contributed by atoms with Gasteiger partial charge in [-0.1, -0.05) is 24.3 Å². The van der Waals surface area contributed by atoms with Gasteiger partial charge in [0.15, 0.2) is 0 Å². The van der Waals surface area contributed by atoms with Crippen molar-refractivity contribution in [2.24, 2.45) is 10.2 Å². The topological polar surface area (TPSA) is 101 Å². The van der Waals surface area contributed by atoms with E-state index in [4.69, 9.17) is 12.2 Å². The lowest BCUT2D eigenvalue weighted by Crippen LogP contribution is -2.28. The highest BCUT2D eigenvalue weighted by atomic mass is 32.1. The van der Waals surface area contributed by atoms with E-state index in [1.165, 1.54) is 14.2 Å². The molecule has 0 saturated heterocycles. The number of esters is 2. The molecule has 0 radical (unpaired) electrons. The smallest absolute Gasteiger partial charge is 0.337 e. The molecule has 0 spiro atoms. The van der Waals surface area contributed by atoms with E-state index in [0.717, 1.165) is 11.1 Å². The summed E-state index contributed by atoms with van der Waals surface area (Å²) in [6.07, 6.45) is 3.09. The first-order valence-electron chi connectivity index (χ1n) is 8.02. The average molecular weight is 398 g/mol. The summed E-state index contributed by atoms with van der Waals surface area (Å²) < 4.78 is 9.27. The normalized spacial score (nSPS) is 10.6. The molecule has 0 aliphatic heterocycles. The molecule has 144 valence electrons. The summed E-state index contributed by atoms with van der Waals surface area (Å²) in [6, 6.07) is 13.5. The van der Waals surface area contributed by atoms with Crippen LogP contribution in [0.15, 0.2) is 58.7 Å². The zero-order valence-electron chi connectivity index (χ0n) is 15.2. The van der Waals surface area contributed by atoms with Gasteiger partial charge < -0.3 is 9.47 Å². The molecule has 0 bridgehead atoms. The van der Waals surface area contributed by atoms with Crippen molar-refractivity contribution < 1.29 is 19.1 Å². The third kappa shape index (κ3) is 6.29. The van der Waals surface area contributed by atoms with Crippen LogP contribution < -0.4 is 10.9 Å². The number of hydrazone groups is 2. The van der Waals surface area contributed by atoms with Gasteiger partial charge >= 0.3 is 11.9 Å². The Labute approximate surface area is 167 Å². The summed E-state index contributed by atoms with van der Waals surface area (Å²) in [4.78, 5) is 22.7. The minimum atomic E-state index is -0.398. The van der Waals surface area contributed by atoms with E-state index in [0.29, 0.717) is 11.1 Å². The minimum absolute atomic E-state index is 0.199. The van der Waals surface area contributed by atoms with Crippen molar-refractivity contribution >= 4 is 41.7 Å². The van der Waals surface area contributed by atoms with Crippen molar-refractivity contribution in [2.45, 2.75) is 0 Å². The fourth-order valence-corrected chi connectivity index (χ4v) is 2.11. The molecule has 0 fully saturated rings. The quantitative estimate of drug-likeness (QED) is 0.332. The number of methoxy groups -OCH3 is 2. The van der Waals surface area contributed by atoms with Gasteiger partial charge in [-0.15, -0.1) is 0 Å². The summed E-state index contributed by atoms with van der Waals surface area (Å²) in [5.74, 6) is -0.797. The van der Waals surface area contributed by atoms with Crippen LogP contribution >= 0.6 is 12.2 Å². The van der Waals surface area contributed by atoms with Gasteiger partial charge in [0.2, 0.25) is 5.11 Å². The molecule has 0 saturated carbocycles. The van der Waals surface area contributed by atoms with Crippen LogP contribution in [0.25, 0.3) is 0 Å². The largest absolute Gasteiger partial charge is 0.465 e. The maximum Gasteiger partial charge on any atom is 0.337 e. The predicted octanol–water partition coefficient (Wildman–Crippen LogP) is 2.09. The number of carbonyl (C=O) groups excluding carboxylic acids is 2. The number of thiocarbonyl (C=S) groups is 1. The Bertz CT molecular complexity index is 820. The van der Waals surface area contributed by atoms with Crippen LogP contribution in [0.3, 0.4) is 0 Å². The molecule has 0 aliphatic carbocycles. The van der Waals surface area contributed by atoms with Gasteiger partial charge in [0.25, 0.3) is 0 Å². The maximum atomic E-state index is 11.4. The summed E-state index contributed by atoms with van der Waals surface area (Å²) in [6.45, 7) is 0. The van der Waals surface area contributed by atoms with Gasteiger partial charge in [-0.2, -0.15) is 10.2 Å². The van der Waals surface area contributed by atoms with Crippen LogP contribution in [-0.4, -0.2) is 43.7 Å². The van der Waals surface area contributed by atoms with Crippen molar-refractivity contribution in [3.8, 4) is 0 Å². The van der Waals surface area contributed by atoms with Gasteiger partial charge in [-0.25, -0.2) is 9.59 Å². The number of benzene rings is 2. The highest BCUT2D eigenvalue weighted by molar-refractivity contribution is 7.80. The van der Waals surface area contributed by atoms with Crippen LogP contribution in [-0.2, 0) is 9.47 Å². The van der Waals surface area contributed by atoms with Crippen molar-refractivity contribution in [3.05, 3.63) is 70.8 Å². The molecule has 2 aromatic carbocycles. The SMILES string of the molecule is COC(=O)c1ccc(/C=N\NC(=S)N/N=C\c2ccc(C(=O)OC)cc2)cc1. The average Bonchev–Trinajstić information content (AvgIpc) is 2.73. The van der Waals surface area contributed by atoms with Crippen LogP contribution in [0, 0.1) is 0 Å². The predicted molar refractivity (Wildman–Crippen MR) is 110 cm³/mol. The summed E-state index contributed by atoms with van der Waals surface area (Å²) in [5, 5.41) is 8.16. The Morgan fingerprint density at radius 1 is 0.786 bits per heavy atom. The number of nitrogens with zero attached hydrogens (tertiary/aromatic N) is 2. The lowest BCUT2D eigenvalue weighted by Gasteiger charge is -2.02. The Hall–Kier alpha value is -3.59. The first-order valence-corrected chi connectivity index (χ1v) is 8.43. The molecule has 9 heteroatoms. The number of hydrogen-bond acceptors (Lipinski definition) is 7. The molecule has 28 heavy (non-hydrogen) atoms. The van der Waals surface area contributed by atoms with E-state index >= 15 is 0 Å². The number of carbonyl (C=O) groups is 2. The Balaban J connectivity index is 1.80. The molecule has 0 aromatic heterocycles. The molecule has 2 aromatic rings. The lowest BCUT2D eigenvalue weighted by molar-refractivity contribution is 0.0592. The van der Waals surface area contributed by atoms with Crippen LogP contribution in [0.4, 0.5) is 0 Å². The summed E-state index contributed by atoms with van der Waals surface area (Å²) >= 11 is 5.05. The molecular weight excluding hydrogens is 380 g/mol. The van der Waals surface area contributed by atoms with E-state index in [1.807, 2.05) is 0 Å². The second kappa shape index (κ2) is 10.5. The first-order chi connectivity index (χ1) is 13.5. The monoisotopic (exact) mass is 398 g/mol. The summed E-state index contributed by atoms with van der Waals surface area (Å²) in [5.41, 5.74) is 7.71. The highest BCUT2D eigenvalue weighted by Crippen LogP contribution is 2.04. The molecule has 0 unspecified atom stereocenters. The Morgan fingerprint density at radius 2 is 1.14 bits per heavy atom. The molecule has 0 atom stereocenters. The highest BCUT2D eigenvalue weighted by Gasteiger charge is 2.04. The standard InChI is InChI=1S/C19H18N4O4S/c1-26-17(24)15-7-3-13(4-8-15)11-20-22-19(28)23-21-12-14-5-9-16(10-6-14)18(25)27-2/h3-12H,1-2H3,(H2,22,23,28)/b20-11-,21-12-. The van der Waals surface area contributed by atoms with Crippen LogP contribution in [0.1, 0.15) is 31.8 Å². The zero-order valence-corrected chi connectivity index (χ0v) is 16.0. The Kier molecular flexibility index (Phi) is 7.79. The van der Waals surface area contributed by atoms with Gasteiger partial charge in [0.1, 0.15) is 0 Å². The maximum absolute atomic E-state index is 11.4. The van der Waals surface area contributed by atoms with E-state index in [1.54, 1.807) is 61.0 Å². The second-order valence-corrected chi connectivity index (χ2v) is 5.70. The molecule has 0 heterocycles. The Morgan fingerprint density at radius 3 is 1.46 bits per heavy atom. The second-order valence-electron chi connectivity index (χ2n) is 5.30. The minimum Gasteiger partial charge on any atom is -0.465 e. The zero-order chi connectivity index (χ0) is 20.4. The first kappa shape index (κ1) is 20.7. The van der Waals surface area contributed by atoms with Gasteiger partial charge in [-0.3, -0.25) is 10.9 Å². The summed E-state index contributed by atoms with van der Waals surface area (Å²) in [7, 11) is 2.66. The van der Waals surface area contributed by atoms with E-state index in [9.17, 15) is 9.59 Å². The van der Waals surface area contributed by atoms with E-state index < -0.39 is 11.9 Å². The number of nitrogens with one attached hydrogen (secondary N) is 2. The molecule has 0 aliphatic rings. The third-order valence-electron chi connectivity index (χ3n) is 3.42. The molecular formula is C19H18N4O4S. The fourth-order valence-electron chi connectivity index (χ4n) is 2.00. The van der Waals surface area contributed by atoms with Crippen LogP contribution in [0.5, 0.6) is 0 Å². The van der Waals surface area contributed by atoms with Gasteiger partial charge in [0.05, 0.1) is 37.8 Å². The van der Waals surface area contributed by atoms with Crippen LogP contribution in [0.2, 0.25) is 0 Å². The van der Waals surface area contributed by atoms with E-state index in [2.05, 4.69) is 30.5 Å². The third-order valence-corrected chi connectivity index (χ3v) is 3.61. The van der Waals surface area contributed by atoms with E-state index in [-0.39, 0.29) is 5.11 Å². The molecule has 0 amide bonds. The molecule has 8 nitrogen and oxygen atoms in total. The molecule has 2 rings (SSSR count). The number of hydrogen-bond donors (Lipinski definition) is 2. The van der Waals surface area contributed by atoms with Gasteiger partial charge in [0, 0.05) is 0 Å². The lowest BCUT2D eigenvalue weighted by atomic mass is 10.1. The van der Waals surface area contributed by atoms with Crippen molar-refractivity contribution in [3.63, 3.8) is 0 Å². The fraction of sp³-hybridized carbons (Fsp3) is 0.105. The number of rotatable bonds is 6. The van der Waals surface area contributed by atoms with Gasteiger partial charge in [-0.05, 0) is 47.6 Å². The van der Waals surface area contributed by atoms with Crippen molar-refractivity contribution in [2.75, 3.05) is 14.2 Å².